The Morgan fingerprint density at radius 1 is 0.800 bits per heavy atom. The predicted octanol–water partition coefficient (Wildman–Crippen LogP) is 4.00. The first kappa shape index (κ1) is 21.5. The van der Waals surface area contributed by atoms with Gasteiger partial charge in [0.2, 0.25) is 0 Å². The van der Waals surface area contributed by atoms with Gasteiger partial charge >= 0.3 is 5.69 Å². The normalized spacial score (nSPS) is 33.1. The van der Waals surface area contributed by atoms with Gasteiger partial charge in [-0.15, -0.1) is 0 Å². The maximum Gasteiger partial charge on any atom is 0.340 e. The second kappa shape index (κ2) is 8.43. The number of hydrogen-bond acceptors (Lipinski definition) is 5. The largest absolute Gasteiger partial charge is 0.340 e. The van der Waals surface area contributed by atoms with E-state index in [2.05, 4.69) is 25.1 Å². The van der Waals surface area contributed by atoms with Crippen LogP contribution in [0.1, 0.15) is 76.7 Å². The van der Waals surface area contributed by atoms with Crippen LogP contribution in [0.4, 0.5) is 0 Å². The van der Waals surface area contributed by atoms with Crippen molar-refractivity contribution in [2.24, 2.45) is 11.8 Å². The van der Waals surface area contributed by atoms with Crippen molar-refractivity contribution < 1.29 is 0 Å². The smallest absolute Gasteiger partial charge is 0.302 e. The van der Waals surface area contributed by atoms with Crippen molar-refractivity contribution >= 4 is 11.0 Å². The summed E-state index contributed by atoms with van der Waals surface area (Å²) in [6.07, 6.45) is 14.3. The van der Waals surface area contributed by atoms with Crippen molar-refractivity contribution in [2.45, 2.75) is 94.8 Å². The van der Waals surface area contributed by atoms with Gasteiger partial charge in [0.1, 0.15) is 0 Å². The Morgan fingerprint density at radius 2 is 1.51 bits per heavy atom. The van der Waals surface area contributed by atoms with Gasteiger partial charge in [0.05, 0.1) is 11.0 Å². The molecule has 4 fully saturated rings. The van der Waals surface area contributed by atoms with Gasteiger partial charge in [-0.25, -0.2) is 14.9 Å². The van der Waals surface area contributed by atoms with Crippen LogP contribution in [0.3, 0.4) is 0 Å². The average molecular weight is 475 g/mol. The van der Waals surface area contributed by atoms with Crippen LogP contribution < -0.4 is 11.2 Å². The van der Waals surface area contributed by atoms with Crippen LogP contribution in [0.25, 0.3) is 22.6 Å². The highest BCUT2D eigenvalue weighted by Crippen LogP contribution is 2.47. The third kappa shape index (κ3) is 3.68. The van der Waals surface area contributed by atoms with E-state index in [1.54, 1.807) is 0 Å². The first-order valence-corrected chi connectivity index (χ1v) is 13.6. The number of piperidine rings is 2. The van der Waals surface area contributed by atoms with E-state index in [1.165, 1.54) is 57.8 Å². The van der Waals surface area contributed by atoms with Gasteiger partial charge in [0, 0.05) is 24.2 Å². The average Bonchev–Trinajstić information content (AvgIpc) is 3.28. The summed E-state index contributed by atoms with van der Waals surface area (Å²) in [7, 11) is 0. The molecule has 4 aliphatic rings. The Labute approximate surface area is 204 Å². The standard InChI is InChI=1S/C27H34N6O2/c34-26-24(25-29-27(35)31-30-25)28-22-9-1-2-10-23(22)33(26)21-14-18-7-4-8-19(15-21)32(18)20-12-16-5-3-6-17(11-16)13-20/h1-2,9-10,16-21H,3-8,11-15H2,(H2,29,30,31,35)/t16-,17+,18-,19+,20+,21+. The van der Waals surface area contributed by atoms with E-state index in [1.807, 2.05) is 28.8 Å². The van der Waals surface area contributed by atoms with Crippen molar-refractivity contribution in [3.63, 3.8) is 0 Å². The van der Waals surface area contributed by atoms with Gasteiger partial charge < -0.3 is 4.57 Å². The van der Waals surface area contributed by atoms with E-state index in [9.17, 15) is 9.59 Å². The Hall–Kier alpha value is -2.74. The summed E-state index contributed by atoms with van der Waals surface area (Å²) in [4.78, 5) is 35.7. The number of aromatic amines is 2. The van der Waals surface area contributed by atoms with E-state index >= 15 is 0 Å². The number of nitrogens with one attached hydrogen (secondary N) is 2. The van der Waals surface area contributed by atoms with E-state index in [-0.39, 0.29) is 23.1 Å². The zero-order valence-electron chi connectivity index (χ0n) is 20.2. The summed E-state index contributed by atoms with van der Waals surface area (Å²) in [5, 5.41) is 6.40. The fraction of sp³-hybridized carbons (Fsp3) is 0.630. The number of H-pyrrole nitrogens is 2. The molecule has 2 aliphatic carbocycles. The van der Waals surface area contributed by atoms with Crippen LogP contribution in [-0.2, 0) is 0 Å². The van der Waals surface area contributed by atoms with Crippen molar-refractivity contribution in [3.05, 3.63) is 45.1 Å². The second-order valence-corrected chi connectivity index (χ2v) is 11.5. The minimum Gasteiger partial charge on any atom is -0.302 e. The number of fused-ring (bicyclic) bond motifs is 5. The highest BCUT2D eigenvalue weighted by molar-refractivity contribution is 5.77. The van der Waals surface area contributed by atoms with Gasteiger partial charge in [-0.3, -0.25) is 14.7 Å². The molecule has 4 heterocycles. The first-order chi connectivity index (χ1) is 17.1. The highest BCUT2D eigenvalue weighted by Gasteiger charge is 2.45. The van der Waals surface area contributed by atoms with Gasteiger partial charge in [0.25, 0.3) is 5.56 Å². The number of nitrogens with zero attached hydrogens (tertiary/aromatic N) is 4. The molecule has 2 saturated carbocycles. The summed E-state index contributed by atoms with van der Waals surface area (Å²) in [5.74, 6) is 2.07. The second-order valence-electron chi connectivity index (χ2n) is 11.5. The first-order valence-electron chi connectivity index (χ1n) is 13.6. The van der Waals surface area contributed by atoms with Crippen LogP contribution in [0.15, 0.2) is 33.9 Å². The van der Waals surface area contributed by atoms with Crippen LogP contribution >= 0.6 is 0 Å². The SMILES string of the molecule is O=c1[nH]nc(-c2nc3ccccc3n([C@H]3C[C@H]4CCC[C@@H](C3)N4[C@H]3C[C@@H]4CCC[C@@H](C4)C3)c2=O)[nH]1. The summed E-state index contributed by atoms with van der Waals surface area (Å²) in [6.45, 7) is 0. The minimum atomic E-state index is -0.430. The van der Waals surface area contributed by atoms with E-state index in [0.29, 0.717) is 12.1 Å². The van der Waals surface area contributed by atoms with Gasteiger partial charge in [-0.1, -0.05) is 37.8 Å². The Balaban J connectivity index is 1.26. The zero-order valence-corrected chi connectivity index (χ0v) is 20.2. The molecule has 2 aromatic heterocycles. The van der Waals surface area contributed by atoms with Crippen LogP contribution in [0.2, 0.25) is 0 Å². The molecule has 0 unspecified atom stereocenters. The van der Waals surface area contributed by atoms with Crippen LogP contribution in [-0.4, -0.2) is 47.8 Å². The molecule has 0 radical (unpaired) electrons. The van der Waals surface area contributed by atoms with Gasteiger partial charge in [-0.2, -0.15) is 5.10 Å². The number of rotatable bonds is 3. The minimum absolute atomic E-state index is 0.134. The third-order valence-electron chi connectivity index (χ3n) is 9.42. The summed E-state index contributed by atoms with van der Waals surface area (Å²) >= 11 is 0. The number of para-hydroxylation sites is 2. The molecule has 184 valence electrons. The topological polar surface area (TPSA) is 99.7 Å². The Kier molecular flexibility index (Phi) is 5.19. The summed E-state index contributed by atoms with van der Waals surface area (Å²) in [6, 6.07) is 9.82. The monoisotopic (exact) mass is 474 g/mol. The lowest BCUT2D eigenvalue weighted by atomic mass is 9.68. The molecular formula is C27H34N6O2. The summed E-state index contributed by atoms with van der Waals surface area (Å²) < 4.78 is 1.98. The number of benzene rings is 1. The Bertz CT molecular complexity index is 1330. The maximum atomic E-state index is 13.8. The van der Waals surface area contributed by atoms with Crippen LogP contribution in [0, 0.1) is 11.8 Å². The molecule has 4 bridgehead atoms. The molecule has 3 aromatic rings. The highest BCUT2D eigenvalue weighted by atomic mass is 16.1. The summed E-state index contributed by atoms with van der Waals surface area (Å²) in [5.41, 5.74) is 1.27. The van der Waals surface area contributed by atoms with E-state index in [4.69, 9.17) is 0 Å². The number of hydrogen-bond donors (Lipinski definition) is 2. The maximum absolute atomic E-state index is 13.8. The Morgan fingerprint density at radius 3 is 2.23 bits per heavy atom. The molecule has 1 aromatic carbocycles. The fourth-order valence-corrected chi connectivity index (χ4v) is 8.19. The molecule has 8 nitrogen and oxygen atoms in total. The van der Waals surface area contributed by atoms with Gasteiger partial charge in [0.15, 0.2) is 11.5 Å². The zero-order chi connectivity index (χ0) is 23.5. The van der Waals surface area contributed by atoms with Crippen LogP contribution in [0.5, 0.6) is 0 Å². The molecule has 6 atom stereocenters. The molecule has 2 aliphatic heterocycles. The van der Waals surface area contributed by atoms with Crippen molar-refractivity contribution in [1.82, 2.24) is 29.6 Å². The molecule has 0 amide bonds. The molecule has 7 rings (SSSR count). The molecule has 2 N–H and O–H groups in total. The molecular weight excluding hydrogens is 440 g/mol. The molecule has 8 heteroatoms. The van der Waals surface area contributed by atoms with Gasteiger partial charge in [-0.05, 0) is 68.9 Å². The van der Waals surface area contributed by atoms with E-state index < -0.39 is 5.69 Å². The predicted molar refractivity (Wildman–Crippen MR) is 134 cm³/mol. The van der Waals surface area contributed by atoms with E-state index in [0.717, 1.165) is 41.8 Å². The van der Waals surface area contributed by atoms with Crippen molar-refractivity contribution in [2.75, 3.05) is 0 Å². The lowest BCUT2D eigenvalue weighted by Crippen LogP contribution is -2.58. The van der Waals surface area contributed by atoms with Crippen molar-refractivity contribution in [1.29, 1.82) is 0 Å². The number of aromatic nitrogens is 5. The molecule has 35 heavy (non-hydrogen) atoms. The van der Waals surface area contributed by atoms with Crippen molar-refractivity contribution in [3.8, 4) is 11.5 Å². The molecule has 2 saturated heterocycles. The fourth-order valence-electron chi connectivity index (χ4n) is 8.19. The quantitative estimate of drug-likeness (QED) is 0.598. The lowest BCUT2D eigenvalue weighted by Gasteiger charge is -2.55. The third-order valence-corrected chi connectivity index (χ3v) is 9.42. The lowest BCUT2D eigenvalue weighted by molar-refractivity contribution is -0.0485. The molecule has 0 spiro atoms.